The van der Waals surface area contributed by atoms with Gasteiger partial charge in [-0.3, -0.25) is 4.79 Å². The van der Waals surface area contributed by atoms with Gasteiger partial charge in [0.05, 0.1) is 46.3 Å². The molecule has 3 aromatic rings. The van der Waals surface area contributed by atoms with Gasteiger partial charge in [0.2, 0.25) is 0 Å². The molecule has 0 unspecified atom stereocenters. The molecule has 8 nitrogen and oxygen atoms in total. The van der Waals surface area contributed by atoms with Gasteiger partial charge in [-0.05, 0) is 0 Å². The van der Waals surface area contributed by atoms with Gasteiger partial charge >= 0.3 is 5.97 Å². The van der Waals surface area contributed by atoms with Gasteiger partial charge in [0, 0.05) is 13.0 Å². The molecule has 0 saturated heterocycles. The summed E-state index contributed by atoms with van der Waals surface area (Å²) in [5, 5.41) is 1.56. The first-order valence-electron chi connectivity index (χ1n) is 7.98. The molecule has 0 N–H and O–H groups in total. The Morgan fingerprint density at radius 1 is 0.741 bits per heavy atom. The largest absolute Gasteiger partial charge is 0.496 e. The summed E-state index contributed by atoms with van der Waals surface area (Å²) in [6, 6.07) is 1.68. The van der Waals surface area contributed by atoms with Crippen LogP contribution in [0.25, 0.3) is 21.7 Å². The lowest BCUT2D eigenvalue weighted by Gasteiger charge is -2.19. The molecule has 1 aromatic heterocycles. The normalized spacial score (nSPS) is 10.7. The van der Waals surface area contributed by atoms with Crippen molar-refractivity contribution in [1.29, 1.82) is 0 Å². The lowest BCUT2D eigenvalue weighted by atomic mass is 10.0. The van der Waals surface area contributed by atoms with Crippen LogP contribution in [0.4, 0.5) is 0 Å². The Bertz CT molecular complexity index is 1020. The number of rotatable bonds is 6. The standard InChI is InChI=1S/C19H20O8/c1-9(20)27-12-8-26-19-14(12)17(24-5)13-10(21-2)7-11(22-3)16(23-4)15(13)18(19)25-6/h7-8H,1-6H3. The second-order valence-corrected chi connectivity index (χ2v) is 5.53. The SMILES string of the molecule is COc1cc(OC)c2c(OC)c3c(OC(C)=O)coc3c(OC)c2c1OC. The summed E-state index contributed by atoms with van der Waals surface area (Å²) in [5.41, 5.74) is 0.340. The van der Waals surface area contributed by atoms with Gasteiger partial charge in [-0.2, -0.15) is 0 Å². The minimum Gasteiger partial charge on any atom is -0.496 e. The van der Waals surface area contributed by atoms with Crippen molar-refractivity contribution in [3.05, 3.63) is 12.3 Å². The maximum absolute atomic E-state index is 11.5. The molecule has 0 saturated carbocycles. The van der Waals surface area contributed by atoms with E-state index in [1.807, 2.05) is 0 Å². The second-order valence-electron chi connectivity index (χ2n) is 5.53. The minimum absolute atomic E-state index is 0.214. The Labute approximate surface area is 155 Å². The molecular weight excluding hydrogens is 356 g/mol. The van der Waals surface area contributed by atoms with Gasteiger partial charge in [0.1, 0.15) is 23.1 Å². The third-order valence-corrected chi connectivity index (χ3v) is 4.16. The van der Waals surface area contributed by atoms with Crippen molar-refractivity contribution < 1.29 is 37.6 Å². The third-order valence-electron chi connectivity index (χ3n) is 4.16. The summed E-state index contributed by atoms with van der Waals surface area (Å²) in [4.78, 5) is 11.5. The second kappa shape index (κ2) is 7.14. The Balaban J connectivity index is 2.62. The van der Waals surface area contributed by atoms with Crippen molar-refractivity contribution in [2.45, 2.75) is 6.92 Å². The fourth-order valence-corrected chi connectivity index (χ4v) is 3.17. The number of hydrogen-bond acceptors (Lipinski definition) is 8. The molecule has 2 aromatic carbocycles. The first kappa shape index (κ1) is 18.5. The van der Waals surface area contributed by atoms with Crippen LogP contribution in [0.1, 0.15) is 6.92 Å². The Hall–Kier alpha value is -3.29. The number of benzene rings is 2. The van der Waals surface area contributed by atoms with Crippen LogP contribution in [0.3, 0.4) is 0 Å². The van der Waals surface area contributed by atoms with Gasteiger partial charge < -0.3 is 32.8 Å². The first-order chi connectivity index (χ1) is 13.0. The first-order valence-corrected chi connectivity index (χ1v) is 7.98. The number of hydrogen-bond donors (Lipinski definition) is 0. The van der Waals surface area contributed by atoms with Crippen LogP contribution in [-0.4, -0.2) is 41.5 Å². The van der Waals surface area contributed by atoms with Crippen molar-refractivity contribution >= 4 is 27.7 Å². The molecule has 8 heteroatoms. The number of methoxy groups -OCH3 is 5. The third kappa shape index (κ3) is 2.73. The average molecular weight is 376 g/mol. The van der Waals surface area contributed by atoms with E-state index in [2.05, 4.69) is 0 Å². The highest BCUT2D eigenvalue weighted by atomic mass is 16.5. The van der Waals surface area contributed by atoms with Crippen molar-refractivity contribution in [1.82, 2.24) is 0 Å². The minimum atomic E-state index is -0.488. The van der Waals surface area contributed by atoms with Crippen LogP contribution in [0.2, 0.25) is 0 Å². The highest BCUT2D eigenvalue weighted by Crippen LogP contribution is 2.55. The summed E-state index contributed by atoms with van der Waals surface area (Å²) in [6.45, 7) is 1.30. The van der Waals surface area contributed by atoms with E-state index in [0.717, 1.165) is 0 Å². The van der Waals surface area contributed by atoms with Gasteiger partial charge in [0.15, 0.2) is 28.6 Å². The summed E-state index contributed by atoms with van der Waals surface area (Å²) < 4.78 is 38.7. The van der Waals surface area contributed by atoms with E-state index in [1.54, 1.807) is 6.07 Å². The van der Waals surface area contributed by atoms with Crippen molar-refractivity contribution in [3.63, 3.8) is 0 Å². The van der Waals surface area contributed by atoms with Crippen LogP contribution >= 0.6 is 0 Å². The van der Waals surface area contributed by atoms with Gasteiger partial charge in [-0.25, -0.2) is 0 Å². The van der Waals surface area contributed by atoms with Gasteiger partial charge in [-0.15, -0.1) is 0 Å². The van der Waals surface area contributed by atoms with Crippen molar-refractivity contribution in [3.8, 4) is 34.5 Å². The monoisotopic (exact) mass is 376 g/mol. The van der Waals surface area contributed by atoms with Crippen molar-refractivity contribution in [2.75, 3.05) is 35.5 Å². The topological polar surface area (TPSA) is 85.6 Å². The number of furan rings is 1. The smallest absolute Gasteiger partial charge is 0.308 e. The summed E-state index contributed by atoms with van der Waals surface area (Å²) in [5.74, 6) is 1.83. The highest BCUT2D eigenvalue weighted by Gasteiger charge is 2.29. The molecule has 0 aliphatic rings. The van der Waals surface area contributed by atoms with Gasteiger partial charge in [-0.1, -0.05) is 0 Å². The van der Waals surface area contributed by atoms with Crippen molar-refractivity contribution in [2.24, 2.45) is 0 Å². The van der Waals surface area contributed by atoms with Crippen LogP contribution in [0, 0.1) is 0 Å². The number of esters is 1. The molecule has 0 radical (unpaired) electrons. The Kier molecular flexibility index (Phi) is 4.89. The fourth-order valence-electron chi connectivity index (χ4n) is 3.17. The predicted molar refractivity (Wildman–Crippen MR) is 97.8 cm³/mol. The van der Waals surface area contributed by atoms with E-state index < -0.39 is 5.97 Å². The number of carbonyl (C=O) groups excluding carboxylic acids is 1. The molecule has 144 valence electrons. The molecule has 3 rings (SSSR count). The molecule has 0 aliphatic heterocycles. The molecule has 1 heterocycles. The highest BCUT2D eigenvalue weighted by molar-refractivity contribution is 6.16. The van der Waals surface area contributed by atoms with E-state index in [4.69, 9.17) is 32.8 Å². The maximum Gasteiger partial charge on any atom is 0.308 e. The molecule has 0 amide bonds. The summed E-state index contributed by atoms with van der Waals surface area (Å²) >= 11 is 0. The molecule has 0 fully saturated rings. The van der Waals surface area contributed by atoms with Crippen LogP contribution in [0.5, 0.6) is 34.5 Å². The predicted octanol–water partition coefficient (Wildman–Crippen LogP) is 3.55. The van der Waals surface area contributed by atoms with Crippen LogP contribution in [0.15, 0.2) is 16.7 Å². The quantitative estimate of drug-likeness (QED) is 0.604. The zero-order chi connectivity index (χ0) is 19.7. The summed E-state index contributed by atoms with van der Waals surface area (Å²) in [6.07, 6.45) is 1.33. The average Bonchev–Trinajstić information content (AvgIpc) is 3.07. The van der Waals surface area contributed by atoms with E-state index >= 15 is 0 Å². The molecule has 0 bridgehead atoms. The maximum atomic E-state index is 11.5. The van der Waals surface area contributed by atoms with E-state index in [0.29, 0.717) is 50.5 Å². The zero-order valence-corrected chi connectivity index (χ0v) is 15.9. The zero-order valence-electron chi connectivity index (χ0n) is 15.9. The van der Waals surface area contributed by atoms with E-state index in [1.165, 1.54) is 48.7 Å². The number of ether oxygens (including phenoxy) is 6. The van der Waals surface area contributed by atoms with Gasteiger partial charge in [0.25, 0.3) is 0 Å². The molecule has 0 spiro atoms. The number of carbonyl (C=O) groups is 1. The van der Waals surface area contributed by atoms with E-state index in [9.17, 15) is 4.79 Å². The summed E-state index contributed by atoms with van der Waals surface area (Å²) in [7, 11) is 7.57. The molecule has 27 heavy (non-hydrogen) atoms. The molecule has 0 aliphatic carbocycles. The fraction of sp³-hybridized carbons (Fsp3) is 0.316. The number of fused-ring (bicyclic) bond motifs is 2. The lowest BCUT2D eigenvalue weighted by Crippen LogP contribution is -2.02. The van der Waals surface area contributed by atoms with Crippen LogP contribution in [-0.2, 0) is 4.79 Å². The van der Waals surface area contributed by atoms with Crippen LogP contribution < -0.4 is 28.4 Å². The molecule has 0 atom stereocenters. The Morgan fingerprint density at radius 3 is 1.89 bits per heavy atom. The Morgan fingerprint density at radius 2 is 1.37 bits per heavy atom. The van der Waals surface area contributed by atoms with E-state index in [-0.39, 0.29) is 5.75 Å². The molecular formula is C19H20O8. The lowest BCUT2D eigenvalue weighted by molar-refractivity contribution is -0.131.